The van der Waals surface area contributed by atoms with Crippen LogP contribution < -0.4 is 5.19 Å². The van der Waals surface area contributed by atoms with Crippen LogP contribution in [0.3, 0.4) is 0 Å². The number of rotatable bonds is 6. The molecule has 0 aliphatic heterocycles. The van der Waals surface area contributed by atoms with Crippen molar-refractivity contribution in [3.63, 3.8) is 0 Å². The Bertz CT molecular complexity index is 982. The molecule has 5 nitrogen and oxygen atoms in total. The average Bonchev–Trinajstić information content (AvgIpc) is 2.95. The van der Waals surface area contributed by atoms with Gasteiger partial charge < -0.3 is 4.74 Å². The van der Waals surface area contributed by atoms with Crippen molar-refractivity contribution in [1.29, 1.82) is 0 Å². The third-order valence-corrected chi connectivity index (χ3v) is 12.4. The van der Waals surface area contributed by atoms with Crippen LogP contribution in [0.5, 0.6) is 0 Å². The molecule has 0 radical (unpaired) electrons. The molecular weight excluding hydrogens is 416 g/mol. The fourth-order valence-electron chi connectivity index (χ4n) is 5.37. The van der Waals surface area contributed by atoms with Crippen LogP contribution in [-0.2, 0) is 23.8 Å². The topological polar surface area (TPSA) is 69.7 Å². The Hall–Kier alpha value is -1.70. The van der Waals surface area contributed by atoms with Gasteiger partial charge in [0.2, 0.25) is 0 Å². The molecule has 1 fully saturated rings. The van der Waals surface area contributed by atoms with Crippen LogP contribution >= 0.6 is 0 Å². The lowest BCUT2D eigenvalue weighted by atomic mass is 9.60. The van der Waals surface area contributed by atoms with Crippen LogP contribution in [-0.4, -0.2) is 41.7 Å². The van der Waals surface area contributed by atoms with E-state index in [9.17, 15) is 13.2 Å². The van der Waals surface area contributed by atoms with Gasteiger partial charge in [-0.25, -0.2) is 0 Å². The van der Waals surface area contributed by atoms with E-state index in [1.165, 1.54) is 5.19 Å². The average molecular weight is 449 g/mol. The van der Waals surface area contributed by atoms with Gasteiger partial charge in [-0.2, -0.15) is 8.42 Å². The Morgan fingerprint density at radius 3 is 2.27 bits per heavy atom. The van der Waals surface area contributed by atoms with E-state index in [1.807, 2.05) is 37.3 Å². The molecule has 2 aliphatic rings. The van der Waals surface area contributed by atoms with Gasteiger partial charge in [0.1, 0.15) is 11.9 Å². The van der Waals surface area contributed by atoms with Crippen LogP contribution in [0, 0.1) is 10.8 Å². The van der Waals surface area contributed by atoms with Gasteiger partial charge in [-0.1, -0.05) is 68.5 Å². The van der Waals surface area contributed by atoms with Crippen molar-refractivity contribution in [3.05, 3.63) is 54.3 Å². The van der Waals surface area contributed by atoms with Crippen molar-refractivity contribution in [2.75, 3.05) is 13.4 Å². The Morgan fingerprint density at radius 1 is 1.13 bits per heavy atom. The van der Waals surface area contributed by atoms with Gasteiger partial charge in [-0.3, -0.25) is 8.98 Å². The summed E-state index contributed by atoms with van der Waals surface area (Å²) in [4.78, 5) is 13.8. The largest absolute Gasteiger partial charge is 0.497 e. The van der Waals surface area contributed by atoms with Gasteiger partial charge in [0.25, 0.3) is 10.1 Å². The van der Waals surface area contributed by atoms with Gasteiger partial charge in [0.05, 0.1) is 21.4 Å². The van der Waals surface area contributed by atoms with Crippen molar-refractivity contribution >= 4 is 29.2 Å². The second-order valence-electron chi connectivity index (χ2n) is 9.50. The summed E-state index contributed by atoms with van der Waals surface area (Å²) >= 11 is 0. The monoisotopic (exact) mass is 448 g/mol. The highest BCUT2D eigenvalue weighted by molar-refractivity contribution is 7.86. The summed E-state index contributed by atoms with van der Waals surface area (Å²) in [7, 11) is -4.29. The van der Waals surface area contributed by atoms with Crippen LogP contribution in [0.4, 0.5) is 0 Å². The number of Topliss-reactive ketones (excluding diaryl/α,β-unsaturated/α-hetero) is 1. The lowest BCUT2D eigenvalue weighted by Crippen LogP contribution is -2.55. The van der Waals surface area contributed by atoms with Gasteiger partial charge in [0, 0.05) is 10.8 Å². The van der Waals surface area contributed by atoms with Crippen molar-refractivity contribution in [2.24, 2.45) is 10.8 Å². The Kier molecular flexibility index (Phi) is 5.95. The predicted octanol–water partition coefficient (Wildman–Crippen LogP) is 3.79. The first-order valence-electron chi connectivity index (χ1n) is 10.3. The normalized spacial score (nSPS) is 32.2. The van der Waals surface area contributed by atoms with Crippen LogP contribution in [0.2, 0.25) is 18.6 Å². The van der Waals surface area contributed by atoms with Crippen LogP contribution in [0.25, 0.3) is 0 Å². The first kappa shape index (κ1) is 23.0. The molecule has 164 valence electrons. The zero-order chi connectivity index (χ0) is 22.4. The zero-order valence-corrected chi connectivity index (χ0v) is 20.5. The zero-order valence-electron chi connectivity index (χ0n) is 18.6. The van der Waals surface area contributed by atoms with E-state index < -0.39 is 35.1 Å². The number of ketones is 1. The van der Waals surface area contributed by atoms with E-state index in [2.05, 4.69) is 38.2 Å². The SMILES string of the molecule is COC1=CC[C@](C)([C@]2(C)C(=O)[C@@H](OS(C)(=O)=O)C[C@H]2[Si](C)(C)c2ccccc2)C=C1. The molecule has 0 unspecified atom stereocenters. The van der Waals surface area contributed by atoms with E-state index in [4.69, 9.17) is 8.92 Å². The molecule has 0 aromatic heterocycles. The number of allylic oxidation sites excluding steroid dienone is 3. The highest BCUT2D eigenvalue weighted by Gasteiger charge is 2.64. The van der Waals surface area contributed by atoms with E-state index in [0.717, 1.165) is 12.0 Å². The van der Waals surface area contributed by atoms with Crippen LogP contribution in [0.15, 0.2) is 54.3 Å². The fourth-order valence-corrected chi connectivity index (χ4v) is 10.1. The molecule has 7 heteroatoms. The maximum absolute atomic E-state index is 13.8. The summed E-state index contributed by atoms with van der Waals surface area (Å²) in [5.74, 6) is 0.664. The molecular formula is C23H32O5SSi. The molecule has 2 aliphatic carbocycles. The molecule has 0 spiro atoms. The van der Waals surface area contributed by atoms with Gasteiger partial charge in [-0.05, 0) is 30.5 Å². The third-order valence-electron chi connectivity index (χ3n) is 7.40. The van der Waals surface area contributed by atoms with Gasteiger partial charge >= 0.3 is 0 Å². The molecule has 0 saturated heterocycles. The summed E-state index contributed by atoms with van der Waals surface area (Å²) in [5, 5.41) is 1.26. The predicted molar refractivity (Wildman–Crippen MR) is 122 cm³/mol. The lowest BCUT2D eigenvalue weighted by molar-refractivity contribution is -0.135. The minimum absolute atomic E-state index is 0.0128. The number of hydrogen-bond acceptors (Lipinski definition) is 5. The molecule has 0 heterocycles. The first-order chi connectivity index (χ1) is 13.8. The van der Waals surface area contributed by atoms with Gasteiger partial charge in [-0.15, -0.1) is 0 Å². The summed E-state index contributed by atoms with van der Waals surface area (Å²) in [6.07, 6.45) is 7.13. The molecule has 0 bridgehead atoms. The standard InChI is InChI=1S/C23H32O5SSi/c1-22(14-12-17(27-3)13-15-22)23(2)20(16-19(21(23)24)28-29(4,25)26)30(5,6)18-10-8-7-9-11-18/h7-14,19-20H,15-16H2,1-6H3/t19-,20+,22+,23-/m0/s1. The number of benzene rings is 1. The van der Waals surface area contributed by atoms with Gasteiger partial charge in [0.15, 0.2) is 5.78 Å². The maximum atomic E-state index is 13.8. The van der Waals surface area contributed by atoms with E-state index in [-0.39, 0.29) is 11.3 Å². The smallest absolute Gasteiger partial charge is 0.265 e. The number of methoxy groups -OCH3 is 1. The van der Waals surface area contributed by atoms with E-state index >= 15 is 0 Å². The molecule has 3 rings (SSSR count). The van der Waals surface area contributed by atoms with Crippen molar-refractivity contribution in [2.45, 2.75) is 51.4 Å². The summed E-state index contributed by atoms with van der Waals surface area (Å²) < 4.78 is 34.5. The molecule has 0 amide bonds. The minimum atomic E-state index is -3.74. The molecule has 30 heavy (non-hydrogen) atoms. The van der Waals surface area contributed by atoms with Crippen molar-refractivity contribution in [1.82, 2.24) is 0 Å². The Balaban J connectivity index is 2.12. The molecule has 4 atom stereocenters. The Morgan fingerprint density at radius 2 is 1.77 bits per heavy atom. The van der Waals surface area contributed by atoms with E-state index in [0.29, 0.717) is 12.8 Å². The maximum Gasteiger partial charge on any atom is 0.265 e. The molecule has 1 aromatic rings. The molecule has 1 saturated carbocycles. The number of carbonyl (C=O) groups is 1. The third kappa shape index (κ3) is 3.83. The Labute approximate surface area is 181 Å². The number of ether oxygens (including phenoxy) is 1. The number of hydrogen-bond donors (Lipinski definition) is 0. The summed E-state index contributed by atoms with van der Waals surface area (Å²) in [5.41, 5.74) is -1.22. The van der Waals surface area contributed by atoms with Crippen LogP contribution in [0.1, 0.15) is 26.7 Å². The minimum Gasteiger partial charge on any atom is -0.497 e. The lowest BCUT2D eigenvalue weighted by Gasteiger charge is -2.50. The van der Waals surface area contributed by atoms with Crippen molar-refractivity contribution in [3.8, 4) is 0 Å². The fraction of sp³-hybridized carbons (Fsp3) is 0.522. The molecule has 0 N–H and O–H groups in total. The summed E-state index contributed by atoms with van der Waals surface area (Å²) in [6.45, 7) is 8.65. The second kappa shape index (κ2) is 7.77. The first-order valence-corrected chi connectivity index (χ1v) is 15.2. The quantitative estimate of drug-likeness (QED) is 0.489. The molecule has 1 aromatic carbocycles. The number of carbonyl (C=O) groups excluding carboxylic acids is 1. The van der Waals surface area contributed by atoms with Crippen molar-refractivity contribution < 1.29 is 22.1 Å². The second-order valence-corrected chi connectivity index (χ2v) is 15.8. The summed E-state index contributed by atoms with van der Waals surface area (Å²) in [6, 6.07) is 10.3. The highest BCUT2D eigenvalue weighted by Crippen LogP contribution is 2.62. The highest BCUT2D eigenvalue weighted by atomic mass is 32.2. The van der Waals surface area contributed by atoms with E-state index in [1.54, 1.807) is 7.11 Å².